The monoisotopic (exact) mass is 340 g/mol. The van der Waals surface area contributed by atoms with Crippen molar-refractivity contribution in [3.05, 3.63) is 71.0 Å². The molecule has 1 saturated heterocycles. The smallest absolute Gasteiger partial charge is 0.262 e. The van der Waals surface area contributed by atoms with Crippen molar-refractivity contribution in [3.8, 4) is 0 Å². The first kappa shape index (κ1) is 15.9. The van der Waals surface area contributed by atoms with Gasteiger partial charge in [-0.05, 0) is 29.8 Å². The van der Waals surface area contributed by atoms with E-state index in [9.17, 15) is 14.0 Å². The average molecular weight is 340 g/mol. The van der Waals surface area contributed by atoms with Crippen molar-refractivity contribution in [2.24, 2.45) is 0 Å². The fourth-order valence-corrected chi connectivity index (χ4v) is 3.28. The Morgan fingerprint density at radius 3 is 2.28 bits per heavy atom. The summed E-state index contributed by atoms with van der Waals surface area (Å²) in [6.45, 7) is 1.89. The number of carbonyl (C=O) groups excluding carboxylic acids is 2. The van der Waals surface area contributed by atoms with E-state index in [0.717, 1.165) is 5.56 Å². The molecule has 25 heavy (non-hydrogen) atoms. The molecule has 1 unspecified atom stereocenters. The highest BCUT2D eigenvalue weighted by atomic mass is 19.1. The van der Waals surface area contributed by atoms with Crippen LogP contribution < -0.4 is 0 Å². The van der Waals surface area contributed by atoms with Gasteiger partial charge in [-0.25, -0.2) is 4.39 Å². The van der Waals surface area contributed by atoms with Gasteiger partial charge in [0.2, 0.25) is 0 Å². The van der Waals surface area contributed by atoms with Gasteiger partial charge in [0.1, 0.15) is 5.82 Å². The number of ether oxygens (including phenoxy) is 1. The second-order valence-corrected chi connectivity index (χ2v) is 6.21. The Balaban J connectivity index is 1.47. The number of hydrogen-bond acceptors (Lipinski definition) is 4. The van der Waals surface area contributed by atoms with Crippen LogP contribution >= 0.6 is 0 Å². The fraction of sp³-hybridized carbons (Fsp3) is 0.263. The minimum absolute atomic E-state index is 0.204. The summed E-state index contributed by atoms with van der Waals surface area (Å²) in [6, 6.07) is 13.1. The van der Waals surface area contributed by atoms with Gasteiger partial charge < -0.3 is 4.74 Å². The molecule has 2 aliphatic rings. The molecule has 2 aliphatic heterocycles. The summed E-state index contributed by atoms with van der Waals surface area (Å²) >= 11 is 0. The number of nitrogens with zero attached hydrogens (tertiary/aromatic N) is 2. The molecule has 128 valence electrons. The third kappa shape index (κ3) is 2.94. The van der Waals surface area contributed by atoms with Crippen molar-refractivity contribution in [2.75, 3.05) is 26.4 Å². The van der Waals surface area contributed by atoms with Crippen LogP contribution in [-0.4, -0.2) is 48.0 Å². The Morgan fingerprint density at radius 1 is 1.00 bits per heavy atom. The lowest BCUT2D eigenvalue weighted by Crippen LogP contribution is -2.46. The first-order valence-corrected chi connectivity index (χ1v) is 8.18. The van der Waals surface area contributed by atoms with Gasteiger partial charge in [-0.2, -0.15) is 0 Å². The third-order valence-corrected chi connectivity index (χ3v) is 4.61. The van der Waals surface area contributed by atoms with E-state index in [-0.39, 0.29) is 30.4 Å². The van der Waals surface area contributed by atoms with Crippen LogP contribution in [0.1, 0.15) is 32.4 Å². The highest BCUT2D eigenvalue weighted by molar-refractivity contribution is 6.21. The Bertz CT molecular complexity index is 787. The maximum absolute atomic E-state index is 13.1. The van der Waals surface area contributed by atoms with Gasteiger partial charge in [-0.15, -0.1) is 0 Å². The lowest BCUT2D eigenvalue weighted by atomic mass is 10.1. The highest BCUT2D eigenvalue weighted by Crippen LogP contribution is 2.26. The van der Waals surface area contributed by atoms with Gasteiger partial charge >= 0.3 is 0 Å². The van der Waals surface area contributed by atoms with Crippen LogP contribution in [0, 0.1) is 5.82 Å². The molecule has 1 atom stereocenters. The molecule has 6 heteroatoms. The standard InChI is InChI=1S/C19H17FN2O3/c20-14-7-5-13(6-8-14)17-11-21(9-10-25-17)12-22-18(23)15-3-1-2-4-16(15)19(22)24/h1-8,17H,9-12H2. The zero-order chi connectivity index (χ0) is 17.4. The van der Waals surface area contributed by atoms with Crippen LogP contribution in [0.4, 0.5) is 4.39 Å². The first-order chi connectivity index (χ1) is 12.1. The number of amides is 2. The number of benzene rings is 2. The molecule has 0 saturated carbocycles. The van der Waals surface area contributed by atoms with Crippen molar-refractivity contribution in [1.82, 2.24) is 9.80 Å². The molecule has 0 bridgehead atoms. The molecule has 4 rings (SSSR count). The lowest BCUT2D eigenvalue weighted by molar-refractivity contribution is -0.0414. The number of carbonyl (C=O) groups is 2. The quantitative estimate of drug-likeness (QED) is 0.806. The Labute approximate surface area is 144 Å². The zero-order valence-electron chi connectivity index (χ0n) is 13.5. The minimum atomic E-state index is -0.289. The summed E-state index contributed by atoms with van der Waals surface area (Å²) in [5.74, 6) is -0.807. The van der Waals surface area contributed by atoms with E-state index in [0.29, 0.717) is 30.8 Å². The van der Waals surface area contributed by atoms with Crippen LogP contribution in [0.3, 0.4) is 0 Å². The number of hydrogen-bond donors (Lipinski definition) is 0. The summed E-state index contributed by atoms with van der Waals surface area (Å²) in [5.41, 5.74) is 1.79. The molecule has 0 N–H and O–H groups in total. The van der Waals surface area contributed by atoms with Gasteiger partial charge in [0.25, 0.3) is 11.8 Å². The number of fused-ring (bicyclic) bond motifs is 1. The SMILES string of the molecule is O=C1c2ccccc2C(=O)N1CN1CCOC(c2ccc(F)cc2)C1. The summed E-state index contributed by atoms with van der Waals surface area (Å²) in [4.78, 5) is 28.2. The van der Waals surface area contributed by atoms with Crippen LogP contribution in [0.2, 0.25) is 0 Å². The van der Waals surface area contributed by atoms with Crippen molar-refractivity contribution in [1.29, 1.82) is 0 Å². The van der Waals surface area contributed by atoms with Crippen molar-refractivity contribution in [2.45, 2.75) is 6.10 Å². The Kier molecular flexibility index (Phi) is 4.07. The van der Waals surface area contributed by atoms with Crippen molar-refractivity contribution in [3.63, 3.8) is 0 Å². The molecule has 0 aromatic heterocycles. The van der Waals surface area contributed by atoms with Crippen LogP contribution in [0.15, 0.2) is 48.5 Å². The van der Waals surface area contributed by atoms with Crippen LogP contribution in [0.5, 0.6) is 0 Å². The van der Waals surface area contributed by atoms with Crippen LogP contribution in [-0.2, 0) is 4.74 Å². The molecule has 0 radical (unpaired) electrons. The summed E-state index contributed by atoms with van der Waals surface area (Å²) in [5, 5.41) is 0. The number of halogens is 1. The van der Waals surface area contributed by atoms with Gasteiger partial charge in [-0.3, -0.25) is 19.4 Å². The molecule has 0 spiro atoms. The van der Waals surface area contributed by atoms with E-state index >= 15 is 0 Å². The summed E-state index contributed by atoms with van der Waals surface area (Å²) in [6.07, 6.45) is -0.204. The van der Waals surface area contributed by atoms with E-state index in [1.165, 1.54) is 17.0 Å². The molecule has 2 aromatic rings. The van der Waals surface area contributed by atoms with Gasteiger partial charge in [0.15, 0.2) is 0 Å². The van der Waals surface area contributed by atoms with Crippen molar-refractivity contribution >= 4 is 11.8 Å². The van der Waals surface area contributed by atoms with Gasteiger partial charge in [-0.1, -0.05) is 24.3 Å². The molecule has 2 heterocycles. The lowest BCUT2D eigenvalue weighted by Gasteiger charge is -2.34. The zero-order valence-corrected chi connectivity index (χ0v) is 13.5. The first-order valence-electron chi connectivity index (χ1n) is 8.18. The van der Waals surface area contributed by atoms with E-state index < -0.39 is 0 Å². The summed E-state index contributed by atoms with van der Waals surface area (Å²) < 4.78 is 18.8. The second kappa shape index (κ2) is 6.38. The average Bonchev–Trinajstić information content (AvgIpc) is 2.88. The predicted molar refractivity (Wildman–Crippen MR) is 88.5 cm³/mol. The molecule has 1 fully saturated rings. The molecule has 2 aromatic carbocycles. The third-order valence-electron chi connectivity index (χ3n) is 4.61. The Morgan fingerprint density at radius 2 is 1.64 bits per heavy atom. The molecular weight excluding hydrogens is 323 g/mol. The maximum atomic E-state index is 13.1. The normalized spacial score (nSPS) is 20.8. The predicted octanol–water partition coefficient (Wildman–Crippen LogP) is 2.45. The number of rotatable bonds is 3. The minimum Gasteiger partial charge on any atom is -0.371 e. The number of morpholine rings is 1. The number of imide groups is 1. The van der Waals surface area contributed by atoms with Gasteiger partial charge in [0, 0.05) is 13.1 Å². The van der Waals surface area contributed by atoms with E-state index in [4.69, 9.17) is 4.74 Å². The van der Waals surface area contributed by atoms with Gasteiger partial charge in [0.05, 0.1) is 30.5 Å². The summed E-state index contributed by atoms with van der Waals surface area (Å²) in [7, 11) is 0. The molecule has 5 nitrogen and oxygen atoms in total. The second-order valence-electron chi connectivity index (χ2n) is 6.21. The van der Waals surface area contributed by atoms with E-state index in [1.807, 2.05) is 4.90 Å². The van der Waals surface area contributed by atoms with Crippen LogP contribution in [0.25, 0.3) is 0 Å². The maximum Gasteiger partial charge on any atom is 0.262 e. The van der Waals surface area contributed by atoms with E-state index in [2.05, 4.69) is 0 Å². The fourth-order valence-electron chi connectivity index (χ4n) is 3.28. The molecular formula is C19H17FN2O3. The topological polar surface area (TPSA) is 49.9 Å². The largest absolute Gasteiger partial charge is 0.371 e. The molecule has 2 amide bonds. The van der Waals surface area contributed by atoms with Crippen molar-refractivity contribution < 1.29 is 18.7 Å². The Hall–Kier alpha value is -2.57. The van der Waals surface area contributed by atoms with E-state index in [1.54, 1.807) is 36.4 Å². The highest BCUT2D eigenvalue weighted by Gasteiger charge is 2.36. The molecule has 0 aliphatic carbocycles.